The van der Waals surface area contributed by atoms with Crippen molar-refractivity contribution >= 4 is 39.3 Å². The molecule has 0 spiro atoms. The summed E-state index contributed by atoms with van der Waals surface area (Å²) in [5.41, 5.74) is 0. The maximum atomic E-state index is 5.55. The van der Waals surface area contributed by atoms with Crippen LogP contribution in [0, 0.1) is 0 Å². The van der Waals surface area contributed by atoms with Gasteiger partial charge in [-0.05, 0) is 34.5 Å². The Kier molecular flexibility index (Phi) is 5.04. The highest BCUT2D eigenvalue weighted by atomic mass is 79.9. The zero-order chi connectivity index (χ0) is 8.81. The largest absolute Gasteiger partial charge is 0.249 e. The minimum absolute atomic E-state index is 0.726. The molecule has 0 unspecified atom stereocenters. The van der Waals surface area contributed by atoms with Gasteiger partial charge in [-0.3, -0.25) is 0 Å². The van der Waals surface area contributed by atoms with E-state index in [0.717, 1.165) is 27.6 Å². The van der Waals surface area contributed by atoms with Crippen molar-refractivity contribution in [3.8, 4) is 0 Å². The van der Waals surface area contributed by atoms with Gasteiger partial charge in [0.2, 0.25) is 0 Å². The van der Waals surface area contributed by atoms with Gasteiger partial charge in [0.1, 0.15) is 0 Å². The molecule has 0 aliphatic heterocycles. The van der Waals surface area contributed by atoms with Gasteiger partial charge in [-0.25, -0.2) is 4.98 Å². The first kappa shape index (κ1) is 10.4. The van der Waals surface area contributed by atoms with Crippen LogP contribution in [0.15, 0.2) is 27.8 Å². The molecule has 0 saturated heterocycles. The summed E-state index contributed by atoms with van der Waals surface area (Å²) < 4.78 is 1.02. The first-order chi connectivity index (χ1) is 5.83. The number of rotatable bonds is 4. The molecule has 0 aliphatic rings. The molecular formula is C8H9BrClNS. The van der Waals surface area contributed by atoms with Crippen molar-refractivity contribution in [2.75, 3.05) is 11.6 Å². The Bertz CT molecular complexity index is 227. The lowest BCUT2D eigenvalue weighted by molar-refractivity contribution is 1.08. The van der Waals surface area contributed by atoms with Gasteiger partial charge < -0.3 is 0 Å². The van der Waals surface area contributed by atoms with Crippen LogP contribution < -0.4 is 0 Å². The highest BCUT2D eigenvalue weighted by molar-refractivity contribution is 9.10. The van der Waals surface area contributed by atoms with E-state index in [1.54, 1.807) is 11.8 Å². The normalized spacial score (nSPS) is 10.2. The van der Waals surface area contributed by atoms with Crippen LogP contribution in [-0.4, -0.2) is 16.6 Å². The molecule has 1 heterocycles. The molecule has 1 aromatic heterocycles. The van der Waals surface area contributed by atoms with Crippen LogP contribution in [0.5, 0.6) is 0 Å². The number of thioether (sulfide) groups is 1. The van der Waals surface area contributed by atoms with E-state index in [2.05, 4.69) is 20.9 Å². The predicted octanol–water partition coefficient (Wildman–Crippen LogP) is 3.57. The lowest BCUT2D eigenvalue weighted by atomic mass is 10.5. The number of nitrogens with zero attached hydrogens (tertiary/aromatic N) is 1. The molecule has 1 aromatic rings. The highest BCUT2D eigenvalue weighted by Crippen LogP contribution is 2.18. The molecule has 4 heteroatoms. The third-order valence-electron chi connectivity index (χ3n) is 1.23. The fourth-order valence-electron chi connectivity index (χ4n) is 0.679. The average Bonchev–Trinajstić information content (AvgIpc) is 2.09. The van der Waals surface area contributed by atoms with Crippen LogP contribution in [0.4, 0.5) is 0 Å². The second-order valence-corrected chi connectivity index (χ2v) is 4.61. The van der Waals surface area contributed by atoms with Crippen molar-refractivity contribution in [2.24, 2.45) is 0 Å². The molecule has 0 amide bonds. The Morgan fingerprint density at radius 3 is 2.92 bits per heavy atom. The van der Waals surface area contributed by atoms with Gasteiger partial charge in [0.05, 0.1) is 5.03 Å². The van der Waals surface area contributed by atoms with Gasteiger partial charge in [-0.2, -0.15) is 0 Å². The van der Waals surface area contributed by atoms with E-state index in [0.29, 0.717) is 0 Å². The van der Waals surface area contributed by atoms with Crippen molar-refractivity contribution in [3.63, 3.8) is 0 Å². The minimum atomic E-state index is 0.726. The van der Waals surface area contributed by atoms with Crippen LogP contribution in [0.25, 0.3) is 0 Å². The Balaban J connectivity index is 2.37. The van der Waals surface area contributed by atoms with E-state index in [1.165, 1.54) is 0 Å². The second-order valence-electron chi connectivity index (χ2n) is 2.21. The SMILES string of the molecule is ClCCCSc1ccc(Br)cn1. The lowest BCUT2D eigenvalue weighted by Gasteiger charge is -1.98. The summed E-state index contributed by atoms with van der Waals surface area (Å²) >= 11 is 10.6. The molecule has 12 heavy (non-hydrogen) atoms. The smallest absolute Gasteiger partial charge is 0.0960 e. The predicted molar refractivity (Wildman–Crippen MR) is 58.0 cm³/mol. The zero-order valence-electron chi connectivity index (χ0n) is 6.46. The number of hydrogen-bond acceptors (Lipinski definition) is 2. The summed E-state index contributed by atoms with van der Waals surface area (Å²) in [5, 5.41) is 1.06. The van der Waals surface area contributed by atoms with E-state index in [9.17, 15) is 0 Å². The van der Waals surface area contributed by atoms with Gasteiger partial charge >= 0.3 is 0 Å². The van der Waals surface area contributed by atoms with Crippen LogP contribution in [0.3, 0.4) is 0 Å². The lowest BCUT2D eigenvalue weighted by Crippen LogP contribution is -1.83. The van der Waals surface area contributed by atoms with E-state index < -0.39 is 0 Å². The maximum absolute atomic E-state index is 5.55. The molecule has 66 valence electrons. The minimum Gasteiger partial charge on any atom is -0.249 e. The number of hydrogen-bond donors (Lipinski definition) is 0. The van der Waals surface area contributed by atoms with Crippen molar-refractivity contribution in [1.29, 1.82) is 0 Å². The van der Waals surface area contributed by atoms with Crippen molar-refractivity contribution in [1.82, 2.24) is 4.98 Å². The first-order valence-corrected chi connectivity index (χ1v) is 5.94. The van der Waals surface area contributed by atoms with Crippen molar-refractivity contribution in [3.05, 3.63) is 22.8 Å². The van der Waals surface area contributed by atoms with Crippen LogP contribution >= 0.6 is 39.3 Å². The molecule has 0 fully saturated rings. The summed E-state index contributed by atoms with van der Waals surface area (Å²) in [4.78, 5) is 4.22. The average molecular weight is 267 g/mol. The molecule has 0 atom stereocenters. The molecular weight excluding hydrogens is 258 g/mol. The molecule has 0 radical (unpaired) electrons. The van der Waals surface area contributed by atoms with Crippen LogP contribution in [-0.2, 0) is 0 Å². The molecule has 1 rings (SSSR count). The fourth-order valence-corrected chi connectivity index (χ4v) is 1.99. The zero-order valence-corrected chi connectivity index (χ0v) is 9.62. The monoisotopic (exact) mass is 265 g/mol. The number of pyridine rings is 1. The molecule has 0 saturated carbocycles. The standard InChI is InChI=1S/C8H9BrClNS/c9-7-2-3-8(11-6-7)12-5-1-4-10/h2-3,6H,1,4-5H2. The molecule has 0 aliphatic carbocycles. The third-order valence-corrected chi connectivity index (χ3v) is 2.99. The Hall–Kier alpha value is 0.270. The first-order valence-electron chi connectivity index (χ1n) is 3.63. The van der Waals surface area contributed by atoms with Gasteiger partial charge in [-0.1, -0.05) is 0 Å². The summed E-state index contributed by atoms with van der Waals surface area (Å²) in [5.74, 6) is 1.77. The molecule has 0 aromatic carbocycles. The van der Waals surface area contributed by atoms with Crippen LogP contribution in [0.2, 0.25) is 0 Å². The second kappa shape index (κ2) is 5.84. The van der Waals surface area contributed by atoms with Gasteiger partial charge in [0, 0.05) is 22.3 Å². The van der Waals surface area contributed by atoms with E-state index in [1.807, 2.05) is 18.3 Å². The summed E-state index contributed by atoms with van der Waals surface area (Å²) in [7, 11) is 0. The third kappa shape index (κ3) is 3.78. The van der Waals surface area contributed by atoms with Crippen molar-refractivity contribution < 1.29 is 0 Å². The van der Waals surface area contributed by atoms with Crippen molar-refractivity contribution in [2.45, 2.75) is 11.4 Å². The number of halogens is 2. The maximum Gasteiger partial charge on any atom is 0.0960 e. The Morgan fingerprint density at radius 1 is 1.50 bits per heavy atom. The van der Waals surface area contributed by atoms with E-state index in [-0.39, 0.29) is 0 Å². The van der Waals surface area contributed by atoms with Gasteiger partial charge in [0.15, 0.2) is 0 Å². The van der Waals surface area contributed by atoms with Gasteiger partial charge in [-0.15, -0.1) is 23.4 Å². The van der Waals surface area contributed by atoms with E-state index >= 15 is 0 Å². The van der Waals surface area contributed by atoms with Crippen LogP contribution in [0.1, 0.15) is 6.42 Å². The highest BCUT2D eigenvalue weighted by Gasteiger charge is 1.94. The fraction of sp³-hybridized carbons (Fsp3) is 0.375. The molecule has 0 bridgehead atoms. The molecule has 0 N–H and O–H groups in total. The summed E-state index contributed by atoms with van der Waals surface area (Å²) in [6, 6.07) is 4.00. The summed E-state index contributed by atoms with van der Waals surface area (Å²) in [6.45, 7) is 0. The number of alkyl halides is 1. The van der Waals surface area contributed by atoms with Gasteiger partial charge in [0.25, 0.3) is 0 Å². The number of aromatic nitrogens is 1. The quantitative estimate of drug-likeness (QED) is 0.469. The molecule has 1 nitrogen and oxygen atoms in total. The Labute approximate surface area is 90.0 Å². The Morgan fingerprint density at radius 2 is 2.33 bits per heavy atom. The van der Waals surface area contributed by atoms with E-state index in [4.69, 9.17) is 11.6 Å². The summed E-state index contributed by atoms with van der Waals surface area (Å²) in [6.07, 6.45) is 2.84. The topological polar surface area (TPSA) is 12.9 Å².